The number of hydrogen-bond acceptors (Lipinski definition) is 6. The normalized spacial score (nSPS) is 19.5. The summed E-state index contributed by atoms with van der Waals surface area (Å²) < 4.78 is 5.42. The van der Waals surface area contributed by atoms with Crippen molar-refractivity contribution in [1.29, 1.82) is 0 Å². The van der Waals surface area contributed by atoms with Crippen LogP contribution in [0.5, 0.6) is 0 Å². The first kappa shape index (κ1) is 17.3. The highest BCUT2D eigenvalue weighted by Gasteiger charge is 2.23. The van der Waals surface area contributed by atoms with E-state index in [4.69, 9.17) is 21.3 Å². The minimum Gasteiger partial charge on any atom is -0.378 e. The average Bonchev–Trinajstić information content (AvgIpc) is 3.14. The van der Waals surface area contributed by atoms with E-state index in [2.05, 4.69) is 37.0 Å². The number of aromatic nitrogens is 3. The van der Waals surface area contributed by atoms with Crippen molar-refractivity contribution in [2.75, 3.05) is 37.7 Å². The van der Waals surface area contributed by atoms with Gasteiger partial charge in [-0.15, -0.1) is 0 Å². The van der Waals surface area contributed by atoms with Crippen molar-refractivity contribution in [3.63, 3.8) is 0 Å². The van der Waals surface area contributed by atoms with Crippen molar-refractivity contribution in [2.24, 2.45) is 9.98 Å². The van der Waals surface area contributed by atoms with E-state index in [0.29, 0.717) is 11.6 Å². The fourth-order valence-electron chi connectivity index (χ4n) is 3.75. The van der Waals surface area contributed by atoms with Gasteiger partial charge in [-0.1, -0.05) is 11.6 Å². The molecule has 1 N–H and O–H groups in total. The highest BCUT2D eigenvalue weighted by atomic mass is 35.5. The Bertz CT molecular complexity index is 1050. The van der Waals surface area contributed by atoms with Gasteiger partial charge in [0.25, 0.3) is 0 Å². The van der Waals surface area contributed by atoms with Crippen LogP contribution in [-0.2, 0) is 4.74 Å². The number of morpholine rings is 1. The number of nitrogens with one attached hydrogen (secondary N) is 1. The number of fused-ring (bicyclic) bond motifs is 1. The Hall–Kier alpha value is -2.77. The molecule has 0 aromatic carbocycles. The molecule has 0 bridgehead atoms. The lowest BCUT2D eigenvalue weighted by atomic mass is 9.94. The minimum absolute atomic E-state index is 0.0629. The molecular formula is C20H19ClN6O. The first-order chi connectivity index (χ1) is 13.8. The molecule has 0 amide bonds. The number of halogens is 1. The predicted octanol–water partition coefficient (Wildman–Crippen LogP) is 3.31. The summed E-state index contributed by atoms with van der Waals surface area (Å²) in [4.78, 5) is 23.4. The summed E-state index contributed by atoms with van der Waals surface area (Å²) in [6, 6.07) is 6.10. The van der Waals surface area contributed by atoms with Gasteiger partial charge in [0.15, 0.2) is 0 Å². The maximum Gasteiger partial charge on any atom is 0.138 e. The maximum atomic E-state index is 6.22. The fraction of sp³-hybridized carbons (Fsp3) is 0.300. The highest BCUT2D eigenvalue weighted by molar-refractivity contribution is 6.31. The standard InChI is InChI=1S/C20H19ClN6O/c21-15-7-16-18(14-8-22-12-23-9-14)19(26-20(16)25-11-15)13-1-2-17(24-10-13)27-3-5-28-6-4-27/h1-2,7-8,10-12,14H,3-6,9H2,(H,25,26). The molecule has 1 fully saturated rings. The number of hydrogen-bond donors (Lipinski definition) is 1. The fourth-order valence-corrected chi connectivity index (χ4v) is 3.91. The van der Waals surface area contributed by atoms with Gasteiger partial charge in [0.1, 0.15) is 17.8 Å². The van der Waals surface area contributed by atoms with Crippen molar-refractivity contribution < 1.29 is 4.74 Å². The number of anilines is 1. The molecule has 1 unspecified atom stereocenters. The van der Waals surface area contributed by atoms with Crippen LogP contribution in [0, 0.1) is 0 Å². The molecule has 5 heterocycles. The zero-order valence-electron chi connectivity index (χ0n) is 15.2. The molecule has 3 aromatic heterocycles. The summed E-state index contributed by atoms with van der Waals surface area (Å²) in [6.45, 7) is 3.86. The molecule has 0 aliphatic carbocycles. The van der Waals surface area contributed by atoms with Crippen LogP contribution in [0.1, 0.15) is 11.5 Å². The lowest BCUT2D eigenvalue weighted by molar-refractivity contribution is 0.122. The third kappa shape index (κ3) is 3.16. The largest absolute Gasteiger partial charge is 0.378 e. The molecule has 7 nitrogen and oxygen atoms in total. The molecular weight excluding hydrogens is 376 g/mol. The van der Waals surface area contributed by atoms with Crippen LogP contribution < -0.4 is 4.90 Å². The van der Waals surface area contributed by atoms with Crippen molar-refractivity contribution in [3.8, 4) is 11.3 Å². The number of ether oxygens (including phenoxy) is 1. The SMILES string of the molecule is Clc1cnc2[nH]c(-c3ccc(N4CCOCC4)nc3)c(C3C=NC=NC3)c2c1. The number of nitrogens with zero attached hydrogens (tertiary/aromatic N) is 5. The van der Waals surface area contributed by atoms with Crippen molar-refractivity contribution in [1.82, 2.24) is 15.0 Å². The highest BCUT2D eigenvalue weighted by Crippen LogP contribution is 2.36. The molecule has 0 spiro atoms. The Morgan fingerprint density at radius 2 is 2.04 bits per heavy atom. The number of aromatic amines is 1. The van der Waals surface area contributed by atoms with E-state index >= 15 is 0 Å². The van der Waals surface area contributed by atoms with Gasteiger partial charge in [-0.05, 0) is 23.8 Å². The average molecular weight is 395 g/mol. The zero-order valence-corrected chi connectivity index (χ0v) is 15.9. The molecule has 8 heteroatoms. The third-order valence-corrected chi connectivity index (χ3v) is 5.32. The lowest BCUT2D eigenvalue weighted by Crippen LogP contribution is -2.36. The molecule has 2 aliphatic rings. The minimum atomic E-state index is 0.0629. The van der Waals surface area contributed by atoms with Gasteiger partial charge < -0.3 is 14.6 Å². The maximum absolute atomic E-state index is 6.22. The molecule has 5 rings (SSSR count). The van der Waals surface area contributed by atoms with Crippen LogP contribution in [-0.4, -0.2) is 60.4 Å². The van der Waals surface area contributed by atoms with E-state index in [1.165, 1.54) is 0 Å². The molecule has 1 atom stereocenters. The summed E-state index contributed by atoms with van der Waals surface area (Å²) >= 11 is 6.22. The van der Waals surface area contributed by atoms with E-state index in [-0.39, 0.29) is 5.92 Å². The molecule has 3 aromatic rings. The summed E-state index contributed by atoms with van der Waals surface area (Å²) in [5.74, 6) is 1.03. The Labute approximate surface area is 167 Å². The van der Waals surface area contributed by atoms with Gasteiger partial charge in [0.2, 0.25) is 0 Å². The molecule has 1 saturated heterocycles. The lowest BCUT2D eigenvalue weighted by Gasteiger charge is -2.27. The zero-order chi connectivity index (χ0) is 18.9. The quantitative estimate of drug-likeness (QED) is 0.739. The van der Waals surface area contributed by atoms with Gasteiger partial charge in [0.05, 0.1) is 30.5 Å². The number of H-pyrrole nitrogens is 1. The van der Waals surface area contributed by atoms with Gasteiger partial charge in [0, 0.05) is 48.6 Å². The van der Waals surface area contributed by atoms with Crippen molar-refractivity contribution in [2.45, 2.75) is 5.92 Å². The molecule has 0 saturated carbocycles. The second-order valence-electron chi connectivity index (χ2n) is 6.85. The Balaban J connectivity index is 1.58. The van der Waals surface area contributed by atoms with Crippen LogP contribution in [0.4, 0.5) is 5.82 Å². The monoisotopic (exact) mass is 394 g/mol. The first-order valence-corrected chi connectivity index (χ1v) is 9.65. The third-order valence-electron chi connectivity index (χ3n) is 5.12. The predicted molar refractivity (Wildman–Crippen MR) is 112 cm³/mol. The van der Waals surface area contributed by atoms with Crippen molar-refractivity contribution >= 4 is 41.0 Å². The Morgan fingerprint density at radius 3 is 2.79 bits per heavy atom. The van der Waals surface area contributed by atoms with E-state index in [1.54, 1.807) is 12.5 Å². The molecule has 142 valence electrons. The summed E-state index contributed by atoms with van der Waals surface area (Å²) in [5, 5.41) is 1.60. The van der Waals surface area contributed by atoms with Gasteiger partial charge in [-0.25, -0.2) is 15.0 Å². The van der Waals surface area contributed by atoms with E-state index in [9.17, 15) is 0 Å². The van der Waals surface area contributed by atoms with Crippen LogP contribution >= 0.6 is 11.6 Å². The smallest absolute Gasteiger partial charge is 0.138 e. The summed E-state index contributed by atoms with van der Waals surface area (Å²) in [5.41, 5.74) is 3.89. The summed E-state index contributed by atoms with van der Waals surface area (Å²) in [6.07, 6.45) is 7.08. The van der Waals surface area contributed by atoms with Crippen LogP contribution in [0.3, 0.4) is 0 Å². The summed E-state index contributed by atoms with van der Waals surface area (Å²) in [7, 11) is 0. The molecule has 2 aliphatic heterocycles. The van der Waals surface area contributed by atoms with E-state index in [0.717, 1.165) is 60.0 Å². The second-order valence-corrected chi connectivity index (χ2v) is 7.29. The number of pyridine rings is 2. The van der Waals surface area contributed by atoms with Crippen LogP contribution in [0.2, 0.25) is 5.02 Å². The van der Waals surface area contributed by atoms with E-state index < -0.39 is 0 Å². The second kappa shape index (κ2) is 7.33. The van der Waals surface area contributed by atoms with Crippen molar-refractivity contribution in [3.05, 3.63) is 41.2 Å². The van der Waals surface area contributed by atoms with Crippen LogP contribution in [0.25, 0.3) is 22.3 Å². The van der Waals surface area contributed by atoms with Gasteiger partial charge in [-0.2, -0.15) is 0 Å². The van der Waals surface area contributed by atoms with Gasteiger partial charge in [-0.3, -0.25) is 4.99 Å². The molecule has 0 radical (unpaired) electrons. The van der Waals surface area contributed by atoms with E-state index in [1.807, 2.05) is 18.5 Å². The molecule has 28 heavy (non-hydrogen) atoms. The number of rotatable bonds is 3. The topological polar surface area (TPSA) is 78.8 Å². The van der Waals surface area contributed by atoms with Crippen LogP contribution in [0.15, 0.2) is 40.6 Å². The Morgan fingerprint density at radius 1 is 1.14 bits per heavy atom. The Kier molecular flexibility index (Phi) is 4.54. The first-order valence-electron chi connectivity index (χ1n) is 9.27. The number of aliphatic imine (C=N–C) groups is 2. The van der Waals surface area contributed by atoms with Gasteiger partial charge >= 0.3 is 0 Å².